The lowest BCUT2D eigenvalue weighted by atomic mass is 10.1. The van der Waals surface area contributed by atoms with Crippen LogP contribution in [0.4, 0.5) is 0 Å². The highest BCUT2D eigenvalue weighted by molar-refractivity contribution is 7.98. The summed E-state index contributed by atoms with van der Waals surface area (Å²) in [7, 11) is 1.87. The number of amides is 1. The number of aromatic carboxylic acids is 1. The lowest BCUT2D eigenvalue weighted by Gasteiger charge is -2.25. The van der Waals surface area contributed by atoms with Crippen molar-refractivity contribution in [1.29, 1.82) is 0 Å². The fraction of sp³-hybridized carbons (Fsp3) is 0.368. The number of carboxylic acids is 1. The van der Waals surface area contributed by atoms with Gasteiger partial charge in [-0.15, -0.1) is 11.8 Å². The van der Waals surface area contributed by atoms with E-state index in [-0.39, 0.29) is 11.5 Å². The Morgan fingerprint density at radius 2 is 1.92 bits per heavy atom. The number of hydrogen-bond acceptors (Lipinski definition) is 4. The molecule has 1 N–H and O–H groups in total. The molecule has 0 bridgehead atoms. The molecule has 0 aliphatic heterocycles. The van der Waals surface area contributed by atoms with E-state index in [0.717, 1.165) is 17.7 Å². The third kappa shape index (κ3) is 3.90. The highest BCUT2D eigenvalue weighted by Crippen LogP contribution is 2.30. The van der Waals surface area contributed by atoms with Gasteiger partial charge in [0.15, 0.2) is 0 Å². The molecule has 0 atom stereocenters. The zero-order valence-electron chi connectivity index (χ0n) is 14.1. The van der Waals surface area contributed by atoms with E-state index in [9.17, 15) is 9.59 Å². The van der Waals surface area contributed by atoms with Crippen LogP contribution in [0.2, 0.25) is 0 Å². The first-order chi connectivity index (χ1) is 12.1. The van der Waals surface area contributed by atoms with Crippen molar-refractivity contribution in [3.63, 3.8) is 0 Å². The zero-order valence-corrected chi connectivity index (χ0v) is 14.9. The van der Waals surface area contributed by atoms with Crippen molar-refractivity contribution < 1.29 is 19.1 Å². The maximum Gasteiger partial charge on any atom is 0.339 e. The second kappa shape index (κ2) is 7.78. The third-order valence-corrected chi connectivity index (χ3v) is 5.72. The molecule has 6 heteroatoms. The first-order valence-electron chi connectivity index (χ1n) is 8.36. The number of carbonyl (C=O) groups is 2. The lowest BCUT2D eigenvalue weighted by molar-refractivity contribution is 0.0692. The SMILES string of the molecule is CN(C(=O)c1ccccc1SCc1occc1C(=O)O)C1CCCC1. The van der Waals surface area contributed by atoms with Crippen LogP contribution < -0.4 is 0 Å². The summed E-state index contributed by atoms with van der Waals surface area (Å²) >= 11 is 1.42. The summed E-state index contributed by atoms with van der Waals surface area (Å²) < 4.78 is 5.28. The monoisotopic (exact) mass is 359 g/mol. The molecule has 2 aromatic rings. The minimum Gasteiger partial charge on any atom is -0.478 e. The zero-order chi connectivity index (χ0) is 17.8. The van der Waals surface area contributed by atoms with Gasteiger partial charge in [0.05, 0.1) is 17.6 Å². The lowest BCUT2D eigenvalue weighted by Crippen LogP contribution is -2.35. The van der Waals surface area contributed by atoms with Gasteiger partial charge in [-0.1, -0.05) is 25.0 Å². The van der Waals surface area contributed by atoms with Crippen molar-refractivity contribution in [2.24, 2.45) is 0 Å². The van der Waals surface area contributed by atoms with Crippen LogP contribution in [0.3, 0.4) is 0 Å². The number of benzene rings is 1. The number of carbonyl (C=O) groups excluding carboxylic acids is 1. The highest BCUT2D eigenvalue weighted by Gasteiger charge is 2.25. The fourth-order valence-electron chi connectivity index (χ4n) is 3.20. The minimum atomic E-state index is -1.00. The van der Waals surface area contributed by atoms with Gasteiger partial charge < -0.3 is 14.4 Å². The average Bonchev–Trinajstić information content (AvgIpc) is 3.30. The van der Waals surface area contributed by atoms with E-state index in [1.165, 1.54) is 36.9 Å². The van der Waals surface area contributed by atoms with Crippen LogP contribution in [0.15, 0.2) is 45.9 Å². The molecule has 1 saturated carbocycles. The number of hydrogen-bond donors (Lipinski definition) is 1. The number of nitrogens with zero attached hydrogens (tertiary/aromatic N) is 1. The summed E-state index contributed by atoms with van der Waals surface area (Å²) in [6.07, 6.45) is 5.85. The molecule has 132 valence electrons. The maximum absolute atomic E-state index is 12.9. The van der Waals surface area contributed by atoms with E-state index in [0.29, 0.717) is 23.1 Å². The molecule has 5 nitrogen and oxygen atoms in total. The standard InChI is InChI=1S/C19H21NO4S/c1-20(13-6-2-3-7-13)18(21)15-8-4-5-9-17(15)25-12-16-14(19(22)23)10-11-24-16/h4-5,8-11,13H,2-3,6-7,12H2,1H3,(H,22,23). The van der Waals surface area contributed by atoms with Gasteiger partial charge in [-0.3, -0.25) is 4.79 Å². The van der Waals surface area contributed by atoms with Crippen molar-refractivity contribution >= 4 is 23.6 Å². The van der Waals surface area contributed by atoms with Crippen LogP contribution in [-0.2, 0) is 5.75 Å². The average molecular weight is 359 g/mol. The predicted octanol–water partition coefficient (Wildman–Crippen LogP) is 4.28. The Morgan fingerprint density at radius 1 is 1.20 bits per heavy atom. The predicted molar refractivity (Wildman–Crippen MR) is 96.0 cm³/mol. The van der Waals surface area contributed by atoms with Gasteiger partial charge in [0, 0.05) is 18.0 Å². The van der Waals surface area contributed by atoms with Crippen molar-refractivity contribution in [1.82, 2.24) is 4.90 Å². The molecule has 1 fully saturated rings. The summed E-state index contributed by atoms with van der Waals surface area (Å²) in [6, 6.07) is 9.22. The van der Waals surface area contributed by atoms with Gasteiger partial charge in [-0.2, -0.15) is 0 Å². The van der Waals surface area contributed by atoms with Gasteiger partial charge in [0.2, 0.25) is 0 Å². The first kappa shape index (κ1) is 17.6. The largest absolute Gasteiger partial charge is 0.478 e. The molecule has 1 aliphatic rings. The van der Waals surface area contributed by atoms with Crippen LogP contribution in [0.1, 0.15) is 52.2 Å². The molecule has 0 saturated heterocycles. The first-order valence-corrected chi connectivity index (χ1v) is 9.35. The summed E-state index contributed by atoms with van der Waals surface area (Å²) in [6.45, 7) is 0. The topological polar surface area (TPSA) is 70.8 Å². The van der Waals surface area contributed by atoms with Gasteiger partial charge in [0.25, 0.3) is 5.91 Å². The number of thioether (sulfide) groups is 1. The van der Waals surface area contributed by atoms with Crippen LogP contribution >= 0.6 is 11.8 Å². The van der Waals surface area contributed by atoms with E-state index in [1.807, 2.05) is 36.2 Å². The summed E-state index contributed by atoms with van der Waals surface area (Å²) in [5.41, 5.74) is 0.824. The van der Waals surface area contributed by atoms with E-state index in [1.54, 1.807) is 0 Å². The Bertz CT molecular complexity index is 764. The third-order valence-electron chi connectivity index (χ3n) is 4.64. The molecule has 0 radical (unpaired) electrons. The van der Waals surface area contributed by atoms with Crippen molar-refractivity contribution in [3.8, 4) is 0 Å². The molecule has 1 aliphatic carbocycles. The maximum atomic E-state index is 12.9. The minimum absolute atomic E-state index is 0.0212. The summed E-state index contributed by atoms with van der Waals surface area (Å²) in [5.74, 6) is -0.210. The Hall–Kier alpha value is -2.21. The molecule has 1 heterocycles. The summed E-state index contributed by atoms with van der Waals surface area (Å²) in [5, 5.41) is 9.16. The van der Waals surface area contributed by atoms with Crippen LogP contribution in [0.5, 0.6) is 0 Å². The van der Waals surface area contributed by atoms with E-state index < -0.39 is 5.97 Å². The Labute approximate surface area is 151 Å². The Kier molecular flexibility index (Phi) is 5.48. The fourth-order valence-corrected chi connectivity index (χ4v) is 4.20. The molecule has 0 unspecified atom stereocenters. The van der Waals surface area contributed by atoms with Gasteiger partial charge in [-0.25, -0.2) is 4.79 Å². The van der Waals surface area contributed by atoms with Crippen LogP contribution in [0.25, 0.3) is 0 Å². The van der Waals surface area contributed by atoms with Gasteiger partial charge in [0.1, 0.15) is 11.3 Å². The normalized spacial score (nSPS) is 14.6. The van der Waals surface area contributed by atoms with Gasteiger partial charge >= 0.3 is 5.97 Å². The molecule has 1 aromatic heterocycles. The Balaban J connectivity index is 1.75. The Morgan fingerprint density at radius 3 is 2.64 bits per heavy atom. The smallest absolute Gasteiger partial charge is 0.339 e. The van der Waals surface area contributed by atoms with E-state index in [4.69, 9.17) is 9.52 Å². The molecular formula is C19H21NO4S. The van der Waals surface area contributed by atoms with Gasteiger partial charge in [-0.05, 0) is 31.0 Å². The molecule has 3 rings (SSSR count). The second-order valence-electron chi connectivity index (χ2n) is 6.20. The number of furan rings is 1. The number of carboxylic acid groups (broad SMARTS) is 1. The molecular weight excluding hydrogens is 338 g/mol. The molecule has 0 spiro atoms. The van der Waals surface area contributed by atoms with Crippen molar-refractivity contribution in [2.45, 2.75) is 42.4 Å². The second-order valence-corrected chi connectivity index (χ2v) is 7.22. The molecule has 1 aromatic carbocycles. The highest BCUT2D eigenvalue weighted by atomic mass is 32.2. The summed E-state index contributed by atoms with van der Waals surface area (Å²) in [4.78, 5) is 26.7. The van der Waals surface area contributed by atoms with E-state index in [2.05, 4.69) is 0 Å². The van der Waals surface area contributed by atoms with Crippen LogP contribution in [0, 0.1) is 0 Å². The molecule has 1 amide bonds. The number of rotatable bonds is 6. The van der Waals surface area contributed by atoms with Crippen molar-refractivity contribution in [3.05, 3.63) is 53.5 Å². The van der Waals surface area contributed by atoms with Crippen molar-refractivity contribution in [2.75, 3.05) is 7.05 Å². The molecule has 25 heavy (non-hydrogen) atoms. The van der Waals surface area contributed by atoms with E-state index >= 15 is 0 Å². The van der Waals surface area contributed by atoms with Crippen LogP contribution in [-0.4, -0.2) is 35.0 Å². The quantitative estimate of drug-likeness (QED) is 0.779.